The maximum atomic E-state index is 13.3. The number of carboxylic acids is 2. The minimum Gasteiger partial charge on any atom is -0.481 e. The van der Waals surface area contributed by atoms with Crippen LogP contribution < -0.4 is 16.3 Å². The van der Waals surface area contributed by atoms with E-state index in [9.17, 15) is 33.9 Å². The normalized spacial score (nSPS) is 17.8. The van der Waals surface area contributed by atoms with Gasteiger partial charge in [0.15, 0.2) is 5.65 Å². The molecule has 0 radical (unpaired) electrons. The van der Waals surface area contributed by atoms with Crippen LogP contribution in [0.5, 0.6) is 0 Å². The number of nitrogens with zero attached hydrogens (tertiary/aromatic N) is 5. The van der Waals surface area contributed by atoms with Crippen LogP contribution in [0.4, 0.5) is 0 Å². The first-order valence-electron chi connectivity index (χ1n) is 15.5. The fraction of sp³-hybridized carbons (Fsp3) is 0.419. The Morgan fingerprint density at radius 1 is 1.12 bits per heavy atom. The number of benzene rings is 1. The lowest BCUT2D eigenvalue weighted by atomic mass is 9.97. The highest BCUT2D eigenvalue weighted by Crippen LogP contribution is 2.41. The number of nitrogens with one attached hydrogen (secondary N) is 2. The van der Waals surface area contributed by atoms with Crippen molar-refractivity contribution in [1.29, 1.82) is 0 Å². The zero-order valence-corrected chi connectivity index (χ0v) is 28.3. The van der Waals surface area contributed by atoms with Gasteiger partial charge < -0.3 is 25.6 Å². The van der Waals surface area contributed by atoms with Gasteiger partial charge in [0.25, 0.3) is 5.91 Å². The first-order valence-corrected chi connectivity index (χ1v) is 17.5. The third-order valence-electron chi connectivity index (χ3n) is 7.90. The predicted molar refractivity (Wildman–Crippen MR) is 178 cm³/mol. The Kier molecular flexibility index (Phi) is 11.4. The van der Waals surface area contributed by atoms with Gasteiger partial charge in [-0.2, -0.15) is 9.61 Å². The van der Waals surface area contributed by atoms with Gasteiger partial charge in [0.2, 0.25) is 5.91 Å². The van der Waals surface area contributed by atoms with Gasteiger partial charge in [-0.25, -0.2) is 19.1 Å². The lowest BCUT2D eigenvalue weighted by Gasteiger charge is -2.49. The molecule has 2 aliphatic heterocycles. The van der Waals surface area contributed by atoms with Crippen molar-refractivity contribution in [2.45, 2.75) is 61.6 Å². The molecule has 3 atom stereocenters. The maximum Gasteiger partial charge on any atom is 0.367 e. The second-order valence-corrected chi connectivity index (χ2v) is 13.3. The molecule has 18 heteroatoms. The van der Waals surface area contributed by atoms with Gasteiger partial charge >= 0.3 is 23.6 Å². The van der Waals surface area contributed by atoms with Gasteiger partial charge in [0.1, 0.15) is 28.2 Å². The van der Waals surface area contributed by atoms with Crippen molar-refractivity contribution < 1.29 is 38.9 Å². The van der Waals surface area contributed by atoms with E-state index < -0.39 is 52.9 Å². The van der Waals surface area contributed by atoms with E-state index in [4.69, 9.17) is 9.84 Å². The van der Waals surface area contributed by atoms with Crippen LogP contribution >= 0.6 is 23.5 Å². The molecule has 1 saturated heterocycles. The molecule has 2 amide bonds. The summed E-state index contributed by atoms with van der Waals surface area (Å²) in [5.41, 5.74) is 1.11. The number of carbonyl (C=O) groups excluding carboxylic acids is 3. The van der Waals surface area contributed by atoms with Crippen LogP contribution in [0.25, 0.3) is 5.65 Å². The predicted octanol–water partition coefficient (Wildman–Crippen LogP) is 1.04. The zero-order chi connectivity index (χ0) is 35.2. The number of β-lactam (4-membered cyclic amide) rings is 1. The first kappa shape index (κ1) is 35.6. The standard InChI is InChI=1S/C31H35N7O9S2/c1-3-4-13-47-30(45)24(32-2)19-8-6-5-7-17(19)14-21(39)33-25-27(42)37-26(29(43)44)18(16-49-28(25)37)15-48-22-10-9-20-34-36(12-11-23(40)41)31(46)38(20)35-22/h5-10,24-25,28,32H,3-4,11-16H2,1-2H3,(H,33,39)(H,40,41)(H,43,44)/t24?,25?,28-/m0/s1. The number of aryl methyl sites for hydroxylation is 1. The average molecular weight is 714 g/mol. The number of likely N-dealkylation sites (N-methyl/N-ethyl adjacent to an activating group) is 1. The molecule has 1 fully saturated rings. The maximum absolute atomic E-state index is 13.3. The summed E-state index contributed by atoms with van der Waals surface area (Å²) in [5.74, 6) is -3.37. The first-order chi connectivity index (χ1) is 23.5. The summed E-state index contributed by atoms with van der Waals surface area (Å²) in [6.07, 6.45) is 1.22. The molecule has 3 aromatic rings. The summed E-state index contributed by atoms with van der Waals surface area (Å²) < 4.78 is 7.45. The van der Waals surface area contributed by atoms with Crippen LogP contribution in [0.15, 0.2) is 57.5 Å². The van der Waals surface area contributed by atoms with Crippen molar-refractivity contribution in [3.8, 4) is 0 Å². The van der Waals surface area contributed by atoms with Crippen LogP contribution in [0, 0.1) is 0 Å². The van der Waals surface area contributed by atoms with Gasteiger partial charge in [-0.3, -0.25) is 19.3 Å². The van der Waals surface area contributed by atoms with Gasteiger partial charge in [0, 0.05) is 11.5 Å². The number of esters is 1. The lowest BCUT2D eigenvalue weighted by Crippen LogP contribution is -2.70. The number of carboxylic acid groups (broad SMARTS) is 2. The minimum atomic E-state index is -1.28. The van der Waals surface area contributed by atoms with Crippen molar-refractivity contribution in [1.82, 2.24) is 34.9 Å². The summed E-state index contributed by atoms with van der Waals surface area (Å²) in [6.45, 7) is 2.17. The van der Waals surface area contributed by atoms with Crippen LogP contribution in [0.1, 0.15) is 43.4 Å². The number of ether oxygens (including phenoxy) is 1. The van der Waals surface area contributed by atoms with Crippen LogP contribution in [-0.4, -0.2) is 101 Å². The third-order valence-corrected chi connectivity index (χ3v) is 10.2. The molecule has 2 aliphatic rings. The topological polar surface area (TPSA) is 215 Å². The quantitative estimate of drug-likeness (QED) is 0.0707. The lowest BCUT2D eigenvalue weighted by molar-refractivity contribution is -0.150. The van der Waals surface area contributed by atoms with Crippen molar-refractivity contribution in [3.05, 3.63) is 69.3 Å². The SMILES string of the molecule is CCCCOC(=O)C(NC)c1ccccc1CC(=O)NC1C(=O)N2C(C(=O)O)=C(CSc3ccc4nn(CCC(=O)O)c(=O)n4n3)CS[C@@H]12. The van der Waals surface area contributed by atoms with Crippen molar-refractivity contribution in [2.75, 3.05) is 25.2 Å². The summed E-state index contributed by atoms with van der Waals surface area (Å²) in [7, 11) is 1.63. The van der Waals surface area contributed by atoms with E-state index in [0.29, 0.717) is 28.3 Å². The molecule has 2 unspecified atom stereocenters. The molecule has 49 heavy (non-hydrogen) atoms. The number of carbonyl (C=O) groups is 5. The molecular weight excluding hydrogens is 679 g/mol. The van der Waals surface area contributed by atoms with E-state index in [1.54, 1.807) is 43.4 Å². The molecule has 16 nitrogen and oxygen atoms in total. The summed E-state index contributed by atoms with van der Waals surface area (Å²) >= 11 is 2.50. The Balaban J connectivity index is 1.24. The van der Waals surface area contributed by atoms with Crippen LogP contribution in [0.2, 0.25) is 0 Å². The van der Waals surface area contributed by atoms with Crippen molar-refractivity contribution in [3.63, 3.8) is 0 Å². The van der Waals surface area contributed by atoms with Gasteiger partial charge in [-0.1, -0.05) is 37.6 Å². The molecule has 1 aromatic carbocycles. The van der Waals surface area contributed by atoms with E-state index in [1.165, 1.54) is 28.4 Å². The highest BCUT2D eigenvalue weighted by atomic mass is 32.2. The van der Waals surface area contributed by atoms with Gasteiger partial charge in [0.05, 0.1) is 26.0 Å². The van der Waals surface area contributed by atoms with Crippen LogP contribution in [0.3, 0.4) is 0 Å². The molecule has 0 aliphatic carbocycles. The van der Waals surface area contributed by atoms with Crippen molar-refractivity contribution in [2.24, 2.45) is 0 Å². The Morgan fingerprint density at radius 3 is 2.61 bits per heavy atom. The summed E-state index contributed by atoms with van der Waals surface area (Å²) in [4.78, 5) is 76.2. The van der Waals surface area contributed by atoms with E-state index in [1.807, 2.05) is 6.92 Å². The van der Waals surface area contributed by atoms with E-state index in [2.05, 4.69) is 20.8 Å². The number of hydrogen-bond acceptors (Lipinski definition) is 12. The fourth-order valence-electron chi connectivity index (χ4n) is 5.45. The van der Waals surface area contributed by atoms with Gasteiger partial charge in [-0.05, 0) is 42.3 Å². The molecule has 5 rings (SSSR count). The fourth-order valence-corrected chi connectivity index (χ4v) is 7.79. The van der Waals surface area contributed by atoms with Crippen LogP contribution in [-0.2, 0) is 41.7 Å². The molecule has 2 aromatic heterocycles. The summed E-state index contributed by atoms with van der Waals surface area (Å²) in [6, 6.07) is 8.43. The Morgan fingerprint density at radius 2 is 1.90 bits per heavy atom. The molecular formula is C31H35N7O9S2. The second-order valence-electron chi connectivity index (χ2n) is 11.2. The third kappa shape index (κ3) is 7.81. The monoisotopic (exact) mass is 713 g/mol. The number of aliphatic carboxylic acids is 2. The smallest absolute Gasteiger partial charge is 0.367 e. The number of rotatable bonds is 16. The van der Waals surface area contributed by atoms with Gasteiger partial charge in [-0.15, -0.1) is 28.6 Å². The number of unbranched alkanes of at least 4 members (excludes halogenated alkanes) is 1. The number of hydrogen-bond donors (Lipinski definition) is 4. The molecule has 0 spiro atoms. The number of thioether (sulfide) groups is 2. The number of fused-ring (bicyclic) bond motifs is 2. The Labute approximate surface area is 288 Å². The zero-order valence-electron chi connectivity index (χ0n) is 26.7. The number of amides is 2. The largest absolute Gasteiger partial charge is 0.481 e. The minimum absolute atomic E-state index is 0.111. The van der Waals surface area contributed by atoms with E-state index in [0.717, 1.165) is 22.0 Å². The molecule has 0 bridgehead atoms. The molecule has 0 saturated carbocycles. The molecule has 4 heterocycles. The van der Waals surface area contributed by atoms with Crippen molar-refractivity contribution >= 4 is 58.9 Å². The summed E-state index contributed by atoms with van der Waals surface area (Å²) in [5, 5.41) is 32.8. The highest BCUT2D eigenvalue weighted by molar-refractivity contribution is 8.01. The molecule has 260 valence electrons. The van der Waals surface area contributed by atoms with E-state index in [-0.39, 0.29) is 42.2 Å². The Bertz CT molecular complexity index is 1870. The second kappa shape index (κ2) is 15.7. The number of aromatic nitrogens is 4. The molecule has 4 N–H and O–H groups in total. The van der Waals surface area contributed by atoms with E-state index >= 15 is 0 Å². The average Bonchev–Trinajstić information content (AvgIpc) is 3.40. The Hall–Kier alpha value is -4.68. The highest BCUT2D eigenvalue weighted by Gasteiger charge is 2.54.